The van der Waals surface area contributed by atoms with Crippen LogP contribution in [0.1, 0.15) is 18.4 Å². The Morgan fingerprint density at radius 2 is 2.04 bits per heavy atom. The van der Waals surface area contributed by atoms with E-state index in [-0.39, 0.29) is 0 Å². The van der Waals surface area contributed by atoms with Gasteiger partial charge in [0, 0.05) is 23.1 Å². The molecule has 1 aromatic carbocycles. The zero-order valence-corrected chi connectivity index (χ0v) is 13.1. The number of carboxylic acid groups (broad SMARTS) is 1. The van der Waals surface area contributed by atoms with Crippen molar-refractivity contribution >= 4 is 24.7 Å². The molecule has 1 fully saturated rings. The maximum Gasteiger partial charge on any atom is 0.306 e. The number of carbonyl (C=O) groups is 1. The number of ether oxygens (including phenoxy) is 1. The maximum atomic E-state index is 11.6. The number of rotatable bonds is 6. The van der Waals surface area contributed by atoms with Gasteiger partial charge in [0.15, 0.2) is 0 Å². The van der Waals surface area contributed by atoms with Gasteiger partial charge in [-0.05, 0) is 30.9 Å². The second-order valence-corrected chi connectivity index (χ2v) is 6.30. The van der Waals surface area contributed by atoms with Gasteiger partial charge in [0.2, 0.25) is 0 Å². The Kier molecular flexibility index (Phi) is 4.94. The first-order valence-electron chi connectivity index (χ1n) is 8.02. The lowest BCUT2D eigenvalue weighted by Crippen LogP contribution is -2.33. The second kappa shape index (κ2) is 6.97. The van der Waals surface area contributed by atoms with Gasteiger partial charge in [0.25, 0.3) is 0 Å². The van der Waals surface area contributed by atoms with Crippen LogP contribution in [-0.4, -0.2) is 58.4 Å². The van der Waals surface area contributed by atoms with Crippen LogP contribution in [0.5, 0.6) is 0 Å². The number of hydrogen-bond acceptors (Lipinski definition) is 4. The van der Waals surface area contributed by atoms with Gasteiger partial charge < -0.3 is 25.0 Å². The first-order valence-corrected chi connectivity index (χ1v) is 8.02. The van der Waals surface area contributed by atoms with Gasteiger partial charge in [-0.2, -0.15) is 0 Å². The largest absolute Gasteiger partial charge is 0.481 e. The van der Waals surface area contributed by atoms with E-state index in [1.54, 1.807) is 0 Å². The predicted molar refractivity (Wildman–Crippen MR) is 88.8 cm³/mol. The highest BCUT2D eigenvalue weighted by Crippen LogP contribution is 2.27. The number of para-hydroxylation sites is 1. The zero-order valence-electron chi connectivity index (χ0n) is 13.1. The van der Waals surface area contributed by atoms with Gasteiger partial charge in [-0.15, -0.1) is 0 Å². The molecule has 7 heteroatoms. The lowest BCUT2D eigenvalue weighted by Gasteiger charge is -2.18. The zero-order chi connectivity index (χ0) is 17.3. The molecule has 1 aliphatic heterocycles. The Morgan fingerprint density at radius 1 is 1.29 bits per heavy atom. The highest BCUT2D eigenvalue weighted by Gasteiger charge is 2.39. The molecular formula is C17H20BNO5. The van der Waals surface area contributed by atoms with Gasteiger partial charge in [-0.1, -0.05) is 18.2 Å². The summed E-state index contributed by atoms with van der Waals surface area (Å²) >= 11 is 0. The van der Waals surface area contributed by atoms with Crippen molar-refractivity contribution in [3.63, 3.8) is 0 Å². The molecule has 3 unspecified atom stereocenters. The number of aliphatic hydroxyl groups is 2. The average Bonchev–Trinajstić information content (AvgIpc) is 3.08. The normalized spacial score (nSPS) is 28.2. The molecule has 2 aromatic rings. The van der Waals surface area contributed by atoms with E-state index in [1.807, 2.05) is 30.5 Å². The number of H-pyrrole nitrogens is 1. The Morgan fingerprint density at radius 3 is 2.71 bits per heavy atom. The van der Waals surface area contributed by atoms with E-state index < -0.39 is 36.2 Å². The van der Waals surface area contributed by atoms with E-state index >= 15 is 0 Å². The van der Waals surface area contributed by atoms with Crippen LogP contribution in [0.3, 0.4) is 0 Å². The van der Waals surface area contributed by atoms with Crippen LogP contribution >= 0.6 is 0 Å². The van der Waals surface area contributed by atoms with Crippen LogP contribution in [0.15, 0.2) is 30.5 Å². The molecule has 1 saturated heterocycles. The third-order valence-electron chi connectivity index (χ3n) is 4.69. The monoisotopic (exact) mass is 329 g/mol. The van der Waals surface area contributed by atoms with Crippen molar-refractivity contribution in [3.05, 3.63) is 36.0 Å². The van der Waals surface area contributed by atoms with E-state index in [4.69, 9.17) is 12.6 Å². The van der Waals surface area contributed by atoms with Crippen LogP contribution in [0, 0.1) is 5.92 Å². The summed E-state index contributed by atoms with van der Waals surface area (Å²) in [4.78, 5) is 14.7. The third kappa shape index (κ3) is 3.33. The molecule has 126 valence electrons. The lowest BCUT2D eigenvalue weighted by molar-refractivity contribution is -0.142. The minimum atomic E-state index is -1.13. The standard InChI is InChI=1S/C17H20BNO5/c18-16-15(21)14(20)13(24-16)6-5-9(17(22)23)7-10-8-19-12-4-2-1-3-11(10)12/h1-4,8-9,13-16,19-21H,5-7H2,(H,22,23)/t9?,13-,14?,15?,16-/m1/s1. The molecule has 5 atom stereocenters. The van der Waals surface area contributed by atoms with E-state index in [2.05, 4.69) is 4.98 Å². The second-order valence-electron chi connectivity index (χ2n) is 6.30. The summed E-state index contributed by atoms with van der Waals surface area (Å²) in [6, 6.07) is 6.81. The number of aromatic nitrogens is 1. The Balaban J connectivity index is 1.66. The quantitative estimate of drug-likeness (QED) is 0.587. The van der Waals surface area contributed by atoms with Gasteiger partial charge in [-0.25, -0.2) is 0 Å². The number of benzene rings is 1. The predicted octanol–water partition coefficient (Wildman–Crippen LogP) is 0.807. The molecule has 2 radical (unpaired) electrons. The van der Waals surface area contributed by atoms with Crippen molar-refractivity contribution in [2.75, 3.05) is 0 Å². The van der Waals surface area contributed by atoms with Crippen LogP contribution in [0.25, 0.3) is 10.9 Å². The summed E-state index contributed by atoms with van der Waals surface area (Å²) in [7, 11) is 5.54. The third-order valence-corrected chi connectivity index (χ3v) is 4.69. The summed E-state index contributed by atoms with van der Waals surface area (Å²) in [5.41, 5.74) is 1.92. The van der Waals surface area contributed by atoms with E-state index in [1.165, 1.54) is 0 Å². The van der Waals surface area contributed by atoms with Gasteiger partial charge in [0.1, 0.15) is 14.0 Å². The molecule has 0 spiro atoms. The van der Waals surface area contributed by atoms with Crippen molar-refractivity contribution in [1.82, 2.24) is 4.98 Å². The number of fused-ring (bicyclic) bond motifs is 1. The van der Waals surface area contributed by atoms with E-state index in [9.17, 15) is 20.1 Å². The lowest BCUT2D eigenvalue weighted by atomic mass is 9.90. The summed E-state index contributed by atoms with van der Waals surface area (Å²) in [5, 5.41) is 30.0. The molecule has 24 heavy (non-hydrogen) atoms. The van der Waals surface area contributed by atoms with Crippen LogP contribution in [0.2, 0.25) is 0 Å². The summed E-state index contributed by atoms with van der Waals surface area (Å²) in [6.45, 7) is 0. The first-order chi connectivity index (χ1) is 11.5. The minimum absolute atomic E-state index is 0.325. The van der Waals surface area contributed by atoms with Crippen LogP contribution in [0.4, 0.5) is 0 Å². The van der Waals surface area contributed by atoms with E-state index in [0.717, 1.165) is 16.5 Å². The fourth-order valence-corrected chi connectivity index (χ4v) is 3.26. The van der Waals surface area contributed by atoms with Gasteiger partial charge in [0.05, 0.1) is 18.1 Å². The first kappa shape index (κ1) is 17.0. The number of aliphatic carboxylic acids is 1. The number of hydrogen-bond donors (Lipinski definition) is 4. The minimum Gasteiger partial charge on any atom is -0.481 e. The molecule has 6 nitrogen and oxygen atoms in total. The van der Waals surface area contributed by atoms with E-state index in [0.29, 0.717) is 19.3 Å². The molecular weight excluding hydrogens is 309 g/mol. The van der Waals surface area contributed by atoms with Crippen molar-refractivity contribution in [2.45, 2.75) is 43.6 Å². The van der Waals surface area contributed by atoms with Crippen molar-refractivity contribution < 1.29 is 24.9 Å². The molecule has 3 rings (SSSR count). The maximum absolute atomic E-state index is 11.6. The number of aliphatic hydroxyl groups excluding tert-OH is 2. The molecule has 0 bridgehead atoms. The molecule has 4 N–H and O–H groups in total. The fourth-order valence-electron chi connectivity index (χ4n) is 3.26. The number of nitrogens with one attached hydrogen (secondary N) is 1. The fraction of sp³-hybridized carbons (Fsp3) is 0.471. The Labute approximate surface area is 140 Å². The van der Waals surface area contributed by atoms with Crippen LogP contribution in [-0.2, 0) is 16.0 Å². The molecule has 1 aromatic heterocycles. The highest BCUT2D eigenvalue weighted by molar-refractivity contribution is 6.11. The molecule has 2 heterocycles. The topological polar surface area (TPSA) is 103 Å². The van der Waals surface area contributed by atoms with Crippen LogP contribution < -0.4 is 0 Å². The van der Waals surface area contributed by atoms with Gasteiger partial charge >= 0.3 is 5.97 Å². The summed E-state index contributed by atoms with van der Waals surface area (Å²) in [5.74, 6) is -1.49. The SMILES string of the molecule is [B][C@@H]1O[C@H](CCC(Cc2c[nH]c3ccccc23)C(=O)O)C(O)C1O. The molecule has 0 saturated carbocycles. The number of aromatic amines is 1. The van der Waals surface area contributed by atoms with Crippen molar-refractivity contribution in [3.8, 4) is 0 Å². The average molecular weight is 329 g/mol. The highest BCUT2D eigenvalue weighted by atomic mass is 16.5. The van der Waals surface area contributed by atoms with Crippen molar-refractivity contribution in [1.29, 1.82) is 0 Å². The molecule has 0 amide bonds. The number of carboxylic acids is 1. The summed E-state index contributed by atoms with van der Waals surface area (Å²) < 4.78 is 5.30. The van der Waals surface area contributed by atoms with Gasteiger partial charge in [-0.3, -0.25) is 4.79 Å². The molecule has 0 aliphatic carbocycles. The Hall–Kier alpha value is -1.83. The smallest absolute Gasteiger partial charge is 0.306 e. The van der Waals surface area contributed by atoms with Crippen molar-refractivity contribution in [2.24, 2.45) is 5.92 Å². The molecule has 1 aliphatic rings. The summed E-state index contributed by atoms with van der Waals surface area (Å²) in [6.07, 6.45) is 0.0217. The Bertz CT molecular complexity index is 718.